The second kappa shape index (κ2) is 6.11. The molecule has 0 fully saturated rings. The molecule has 0 amide bonds. The van der Waals surface area contributed by atoms with Crippen molar-refractivity contribution < 1.29 is 0 Å². The molecule has 0 aliphatic rings. The maximum absolute atomic E-state index is 6.28. The molecule has 0 atom stereocenters. The van der Waals surface area contributed by atoms with Crippen molar-refractivity contribution in [3.8, 4) is 11.4 Å². The van der Waals surface area contributed by atoms with E-state index in [9.17, 15) is 0 Å². The number of anilines is 2. The minimum Gasteiger partial charge on any atom is -0.337 e. The summed E-state index contributed by atoms with van der Waals surface area (Å²) < 4.78 is 0. The molecule has 3 heterocycles. The summed E-state index contributed by atoms with van der Waals surface area (Å²) in [6, 6.07) is 11.0. The van der Waals surface area contributed by atoms with Gasteiger partial charge in [0.05, 0.1) is 33.0 Å². The van der Waals surface area contributed by atoms with Gasteiger partial charge in [-0.15, -0.1) is 0 Å². The first-order valence-corrected chi connectivity index (χ1v) is 7.94. The Labute approximate surface area is 147 Å². The van der Waals surface area contributed by atoms with E-state index in [1.807, 2.05) is 18.2 Å². The summed E-state index contributed by atoms with van der Waals surface area (Å²) in [5, 5.41) is 4.31. The molecule has 0 aliphatic heterocycles. The van der Waals surface area contributed by atoms with E-state index in [0.29, 0.717) is 27.3 Å². The summed E-state index contributed by atoms with van der Waals surface area (Å²) in [6.07, 6.45) is 5.13. The molecular formula is C17H11Cl2N5. The molecule has 118 valence electrons. The van der Waals surface area contributed by atoms with Gasteiger partial charge < -0.3 is 10.3 Å². The highest BCUT2D eigenvalue weighted by atomic mass is 35.5. The van der Waals surface area contributed by atoms with E-state index in [4.69, 9.17) is 23.2 Å². The predicted octanol–water partition coefficient (Wildman–Crippen LogP) is 5.07. The van der Waals surface area contributed by atoms with Gasteiger partial charge in [-0.2, -0.15) is 0 Å². The first-order valence-electron chi connectivity index (χ1n) is 7.18. The molecule has 5 nitrogen and oxygen atoms in total. The number of halogens is 2. The number of hydrogen-bond donors (Lipinski definition) is 2. The van der Waals surface area contributed by atoms with Crippen LogP contribution < -0.4 is 5.32 Å². The summed E-state index contributed by atoms with van der Waals surface area (Å²) in [5.41, 5.74) is 3.04. The van der Waals surface area contributed by atoms with E-state index < -0.39 is 0 Å². The van der Waals surface area contributed by atoms with Crippen LogP contribution in [-0.2, 0) is 0 Å². The molecule has 0 saturated carbocycles. The molecule has 0 radical (unpaired) electrons. The Balaban J connectivity index is 1.83. The fourth-order valence-corrected chi connectivity index (χ4v) is 3.02. The van der Waals surface area contributed by atoms with Crippen LogP contribution in [0.1, 0.15) is 0 Å². The fraction of sp³-hybridized carbons (Fsp3) is 0. The largest absolute Gasteiger partial charge is 0.337 e. The number of imidazole rings is 1. The third-order valence-corrected chi connectivity index (χ3v) is 4.16. The van der Waals surface area contributed by atoms with Crippen molar-refractivity contribution in [2.75, 3.05) is 5.32 Å². The van der Waals surface area contributed by atoms with Crippen LogP contribution in [0.3, 0.4) is 0 Å². The van der Waals surface area contributed by atoms with Gasteiger partial charge in [-0.1, -0.05) is 29.3 Å². The van der Waals surface area contributed by atoms with E-state index in [0.717, 1.165) is 16.7 Å². The number of aromatic amines is 1. The number of pyridine rings is 2. The number of fused-ring (bicyclic) bond motifs is 1. The molecule has 1 aromatic carbocycles. The van der Waals surface area contributed by atoms with Gasteiger partial charge in [0, 0.05) is 12.4 Å². The van der Waals surface area contributed by atoms with Gasteiger partial charge >= 0.3 is 0 Å². The maximum atomic E-state index is 6.28. The smallest absolute Gasteiger partial charge is 0.156 e. The van der Waals surface area contributed by atoms with Crippen LogP contribution in [-0.4, -0.2) is 19.9 Å². The monoisotopic (exact) mass is 355 g/mol. The second-order valence-corrected chi connectivity index (χ2v) is 5.92. The van der Waals surface area contributed by atoms with Crippen LogP contribution in [0.15, 0.2) is 55.0 Å². The van der Waals surface area contributed by atoms with Gasteiger partial charge in [-0.25, -0.2) is 9.97 Å². The van der Waals surface area contributed by atoms with Crippen molar-refractivity contribution in [1.82, 2.24) is 19.9 Å². The summed E-state index contributed by atoms with van der Waals surface area (Å²) in [6.45, 7) is 0. The second-order valence-electron chi connectivity index (χ2n) is 5.10. The number of hydrogen-bond acceptors (Lipinski definition) is 4. The highest BCUT2D eigenvalue weighted by molar-refractivity contribution is 6.39. The molecule has 4 aromatic rings. The number of H-pyrrole nitrogens is 1. The molecular weight excluding hydrogens is 345 g/mol. The Morgan fingerprint density at radius 3 is 2.54 bits per heavy atom. The molecule has 3 aromatic heterocycles. The van der Waals surface area contributed by atoms with Crippen molar-refractivity contribution in [2.24, 2.45) is 0 Å². The van der Waals surface area contributed by atoms with Crippen LogP contribution >= 0.6 is 23.2 Å². The summed E-state index contributed by atoms with van der Waals surface area (Å²) >= 11 is 12.6. The Hall–Kier alpha value is -2.63. The first kappa shape index (κ1) is 14.9. The highest BCUT2D eigenvalue weighted by Gasteiger charge is 2.15. The lowest BCUT2D eigenvalue weighted by atomic mass is 10.2. The topological polar surface area (TPSA) is 66.5 Å². The third-order valence-electron chi connectivity index (χ3n) is 3.53. The number of nitrogens with zero attached hydrogens (tertiary/aromatic N) is 3. The zero-order chi connectivity index (χ0) is 16.5. The van der Waals surface area contributed by atoms with Crippen molar-refractivity contribution in [3.63, 3.8) is 0 Å². The lowest BCUT2D eigenvalue weighted by Crippen LogP contribution is -1.94. The van der Waals surface area contributed by atoms with Crippen molar-refractivity contribution >= 4 is 45.7 Å². The number of benzene rings is 1. The van der Waals surface area contributed by atoms with Gasteiger partial charge in [0.25, 0.3) is 0 Å². The predicted molar refractivity (Wildman–Crippen MR) is 96.9 cm³/mol. The van der Waals surface area contributed by atoms with Gasteiger partial charge in [0.1, 0.15) is 11.3 Å². The number of nitrogens with one attached hydrogen (secondary N) is 2. The summed E-state index contributed by atoms with van der Waals surface area (Å²) in [4.78, 5) is 16.3. The van der Waals surface area contributed by atoms with Crippen molar-refractivity contribution in [1.29, 1.82) is 0 Å². The molecule has 2 N–H and O–H groups in total. The molecule has 0 saturated heterocycles. The lowest BCUT2D eigenvalue weighted by molar-refractivity contribution is 1.28. The Bertz CT molecular complexity index is 994. The molecule has 0 unspecified atom stereocenters. The lowest BCUT2D eigenvalue weighted by Gasteiger charge is -2.05. The van der Waals surface area contributed by atoms with Gasteiger partial charge in [-0.3, -0.25) is 4.98 Å². The molecule has 0 spiro atoms. The standard InChI is InChI=1S/C17H11Cl2N5/c18-11-4-1-5-12(19)14(11)16-23-13-6-8-21-17(15(13)24-16)22-10-3-2-7-20-9-10/h1-9H,(H,21,22)(H,23,24). The average molecular weight is 356 g/mol. The van der Waals surface area contributed by atoms with E-state index in [1.54, 1.807) is 36.8 Å². The van der Waals surface area contributed by atoms with Gasteiger partial charge in [0.2, 0.25) is 0 Å². The molecule has 0 aliphatic carbocycles. The van der Waals surface area contributed by atoms with Gasteiger partial charge in [-0.05, 0) is 30.3 Å². The van der Waals surface area contributed by atoms with Crippen LogP contribution in [0.5, 0.6) is 0 Å². The van der Waals surface area contributed by atoms with E-state index >= 15 is 0 Å². The minimum absolute atomic E-state index is 0.538. The Morgan fingerprint density at radius 2 is 1.79 bits per heavy atom. The van der Waals surface area contributed by atoms with Crippen LogP contribution in [0.2, 0.25) is 10.0 Å². The third kappa shape index (κ3) is 2.68. The van der Waals surface area contributed by atoms with E-state index in [2.05, 4.69) is 25.3 Å². The summed E-state index contributed by atoms with van der Waals surface area (Å²) in [7, 11) is 0. The van der Waals surface area contributed by atoms with Crippen LogP contribution in [0.4, 0.5) is 11.5 Å². The Kier molecular flexibility index (Phi) is 3.80. The molecule has 4 rings (SSSR count). The van der Waals surface area contributed by atoms with E-state index in [-0.39, 0.29) is 0 Å². The minimum atomic E-state index is 0.538. The SMILES string of the molecule is Clc1cccc(Cl)c1-c1nc2ccnc(Nc3cccnc3)c2[nH]1. The Morgan fingerprint density at radius 1 is 0.958 bits per heavy atom. The maximum Gasteiger partial charge on any atom is 0.156 e. The zero-order valence-electron chi connectivity index (χ0n) is 12.3. The number of rotatable bonds is 3. The molecule has 7 heteroatoms. The quantitative estimate of drug-likeness (QED) is 0.538. The fourth-order valence-electron chi connectivity index (χ4n) is 2.45. The molecule has 24 heavy (non-hydrogen) atoms. The molecule has 0 bridgehead atoms. The number of aromatic nitrogens is 4. The van der Waals surface area contributed by atoms with Gasteiger partial charge in [0.15, 0.2) is 5.82 Å². The normalized spacial score (nSPS) is 10.9. The van der Waals surface area contributed by atoms with Crippen LogP contribution in [0.25, 0.3) is 22.4 Å². The van der Waals surface area contributed by atoms with Crippen molar-refractivity contribution in [2.45, 2.75) is 0 Å². The van der Waals surface area contributed by atoms with Crippen molar-refractivity contribution in [3.05, 3.63) is 65.0 Å². The zero-order valence-corrected chi connectivity index (χ0v) is 13.8. The average Bonchev–Trinajstić information content (AvgIpc) is 3.00. The van der Waals surface area contributed by atoms with E-state index in [1.165, 1.54) is 0 Å². The first-order chi connectivity index (χ1) is 11.7. The van der Waals surface area contributed by atoms with Crippen LogP contribution in [0, 0.1) is 0 Å². The summed E-state index contributed by atoms with van der Waals surface area (Å²) in [5.74, 6) is 1.25. The highest BCUT2D eigenvalue weighted by Crippen LogP contribution is 2.34.